The van der Waals surface area contributed by atoms with Gasteiger partial charge >= 0.3 is 0 Å². The fourth-order valence-corrected chi connectivity index (χ4v) is 2.10. The lowest BCUT2D eigenvalue weighted by Gasteiger charge is -2.08. The molecule has 124 valence electrons. The van der Waals surface area contributed by atoms with E-state index in [1.165, 1.54) is 24.3 Å². The zero-order valence-electron chi connectivity index (χ0n) is 13.1. The van der Waals surface area contributed by atoms with Crippen LogP contribution in [0.15, 0.2) is 48.5 Å². The topological polar surface area (TPSA) is 101 Å². The predicted molar refractivity (Wildman–Crippen MR) is 90.1 cm³/mol. The van der Waals surface area contributed by atoms with Gasteiger partial charge in [0.25, 0.3) is 17.5 Å². The van der Waals surface area contributed by atoms with E-state index in [1.54, 1.807) is 24.3 Å². The van der Waals surface area contributed by atoms with Crippen LogP contribution in [0.4, 0.5) is 11.4 Å². The highest BCUT2D eigenvalue weighted by Gasteiger charge is 2.19. The largest absolute Gasteiger partial charge is 0.352 e. The van der Waals surface area contributed by atoms with E-state index < -0.39 is 10.8 Å². The minimum atomic E-state index is -0.608. The third-order valence-corrected chi connectivity index (χ3v) is 3.26. The van der Waals surface area contributed by atoms with Gasteiger partial charge in [0.1, 0.15) is 5.56 Å². The number of benzene rings is 2. The Balaban J connectivity index is 2.18. The van der Waals surface area contributed by atoms with Crippen molar-refractivity contribution in [3.63, 3.8) is 0 Å². The Morgan fingerprint density at radius 2 is 1.83 bits per heavy atom. The minimum absolute atomic E-state index is 0.0386. The Morgan fingerprint density at radius 3 is 2.54 bits per heavy atom. The molecular weight excluding hydrogens is 310 g/mol. The van der Waals surface area contributed by atoms with E-state index in [4.69, 9.17) is 0 Å². The Morgan fingerprint density at radius 1 is 1.08 bits per heavy atom. The van der Waals surface area contributed by atoms with Crippen molar-refractivity contribution in [3.05, 3.63) is 69.8 Å². The van der Waals surface area contributed by atoms with Crippen LogP contribution in [-0.2, 0) is 0 Å². The van der Waals surface area contributed by atoms with Crippen LogP contribution in [0.2, 0.25) is 0 Å². The number of hydrogen-bond donors (Lipinski definition) is 2. The molecule has 0 aliphatic rings. The normalized spacial score (nSPS) is 10.0. The van der Waals surface area contributed by atoms with E-state index in [2.05, 4.69) is 10.6 Å². The van der Waals surface area contributed by atoms with Gasteiger partial charge in [-0.05, 0) is 30.7 Å². The van der Waals surface area contributed by atoms with Crippen molar-refractivity contribution in [2.45, 2.75) is 13.3 Å². The summed E-state index contributed by atoms with van der Waals surface area (Å²) < 4.78 is 0. The van der Waals surface area contributed by atoms with Gasteiger partial charge in [0.15, 0.2) is 0 Å². The number of carbonyl (C=O) groups excluding carboxylic acids is 2. The van der Waals surface area contributed by atoms with Crippen molar-refractivity contribution in [2.75, 3.05) is 11.9 Å². The van der Waals surface area contributed by atoms with Gasteiger partial charge in [0.2, 0.25) is 0 Å². The van der Waals surface area contributed by atoms with Crippen LogP contribution in [-0.4, -0.2) is 23.3 Å². The van der Waals surface area contributed by atoms with Gasteiger partial charge in [-0.25, -0.2) is 0 Å². The molecule has 0 bridgehead atoms. The molecule has 0 aliphatic heterocycles. The highest BCUT2D eigenvalue weighted by Crippen LogP contribution is 2.20. The molecule has 0 unspecified atom stereocenters. The number of para-hydroxylation sites is 1. The lowest BCUT2D eigenvalue weighted by Crippen LogP contribution is -2.24. The number of nitro groups is 1. The molecule has 0 aliphatic carbocycles. The summed E-state index contributed by atoms with van der Waals surface area (Å²) >= 11 is 0. The van der Waals surface area contributed by atoms with Crippen molar-refractivity contribution in [1.82, 2.24) is 5.32 Å². The van der Waals surface area contributed by atoms with Crippen LogP contribution in [0.25, 0.3) is 0 Å². The van der Waals surface area contributed by atoms with E-state index in [9.17, 15) is 19.7 Å². The molecule has 0 fully saturated rings. The fraction of sp³-hybridized carbons (Fsp3) is 0.176. The molecule has 0 aromatic heterocycles. The summed E-state index contributed by atoms with van der Waals surface area (Å²) in [6.45, 7) is 2.51. The smallest absolute Gasteiger partial charge is 0.282 e. The summed E-state index contributed by atoms with van der Waals surface area (Å²) in [5.74, 6) is -0.841. The number of rotatable bonds is 6. The Hall–Kier alpha value is -3.22. The molecule has 0 spiro atoms. The summed E-state index contributed by atoms with van der Waals surface area (Å²) in [4.78, 5) is 34.6. The molecule has 24 heavy (non-hydrogen) atoms. The van der Waals surface area contributed by atoms with Gasteiger partial charge in [-0.1, -0.05) is 25.1 Å². The number of anilines is 1. The zero-order chi connectivity index (χ0) is 17.5. The number of amides is 2. The fourth-order valence-electron chi connectivity index (χ4n) is 2.10. The summed E-state index contributed by atoms with van der Waals surface area (Å²) in [5, 5.41) is 16.3. The quantitative estimate of drug-likeness (QED) is 0.629. The van der Waals surface area contributed by atoms with Gasteiger partial charge in [-0.3, -0.25) is 19.7 Å². The molecule has 7 heteroatoms. The molecular formula is C17H17N3O4. The second-order valence-corrected chi connectivity index (χ2v) is 5.07. The van der Waals surface area contributed by atoms with Gasteiger partial charge < -0.3 is 10.6 Å². The third kappa shape index (κ3) is 4.16. The van der Waals surface area contributed by atoms with Crippen molar-refractivity contribution in [1.29, 1.82) is 0 Å². The predicted octanol–water partition coefficient (Wildman–Crippen LogP) is 2.99. The van der Waals surface area contributed by atoms with Gasteiger partial charge in [0, 0.05) is 23.9 Å². The summed E-state index contributed by atoms with van der Waals surface area (Å²) in [6.07, 6.45) is 0.819. The summed E-state index contributed by atoms with van der Waals surface area (Å²) in [5.41, 5.74) is 0.487. The number of nitro benzene ring substituents is 1. The molecule has 2 rings (SSSR count). The van der Waals surface area contributed by atoms with Crippen LogP contribution < -0.4 is 10.6 Å². The molecule has 0 radical (unpaired) electrons. The molecule has 2 N–H and O–H groups in total. The van der Waals surface area contributed by atoms with E-state index >= 15 is 0 Å². The molecule has 0 atom stereocenters. The molecule has 2 aromatic rings. The lowest BCUT2D eigenvalue weighted by molar-refractivity contribution is -0.385. The Labute approximate surface area is 138 Å². The molecule has 0 heterocycles. The first kappa shape index (κ1) is 17.1. The van der Waals surface area contributed by atoms with E-state index in [-0.39, 0.29) is 17.2 Å². The molecule has 0 saturated carbocycles. The molecule has 2 amide bonds. The maximum atomic E-state index is 12.3. The van der Waals surface area contributed by atoms with Crippen molar-refractivity contribution in [3.8, 4) is 0 Å². The summed E-state index contributed by atoms with van der Waals surface area (Å²) in [6, 6.07) is 12.1. The second kappa shape index (κ2) is 7.87. The van der Waals surface area contributed by atoms with Gasteiger partial charge in [-0.2, -0.15) is 0 Å². The van der Waals surface area contributed by atoms with E-state index in [0.29, 0.717) is 17.8 Å². The average Bonchev–Trinajstić information content (AvgIpc) is 2.59. The zero-order valence-corrected chi connectivity index (χ0v) is 13.1. The maximum Gasteiger partial charge on any atom is 0.282 e. The van der Waals surface area contributed by atoms with Crippen LogP contribution in [0.1, 0.15) is 34.1 Å². The van der Waals surface area contributed by atoms with Gasteiger partial charge in [0.05, 0.1) is 4.92 Å². The molecule has 0 saturated heterocycles. The van der Waals surface area contributed by atoms with Crippen LogP contribution in [0, 0.1) is 10.1 Å². The number of nitrogens with zero attached hydrogens (tertiary/aromatic N) is 1. The first-order valence-corrected chi connectivity index (χ1v) is 7.46. The number of hydrogen-bond acceptors (Lipinski definition) is 4. The van der Waals surface area contributed by atoms with Gasteiger partial charge in [-0.15, -0.1) is 0 Å². The molecule has 7 nitrogen and oxygen atoms in total. The number of carbonyl (C=O) groups is 2. The SMILES string of the molecule is CCCNC(=O)c1cccc(NC(=O)c2ccccc2[N+](=O)[O-])c1. The second-order valence-electron chi connectivity index (χ2n) is 5.07. The van der Waals surface area contributed by atoms with Crippen LogP contribution in [0.3, 0.4) is 0 Å². The number of nitrogens with one attached hydrogen (secondary N) is 2. The van der Waals surface area contributed by atoms with Crippen molar-refractivity contribution >= 4 is 23.2 Å². The van der Waals surface area contributed by atoms with E-state index in [1.807, 2.05) is 6.92 Å². The summed E-state index contributed by atoms with van der Waals surface area (Å²) in [7, 11) is 0. The standard InChI is InChI=1S/C17H17N3O4/c1-2-10-18-16(21)12-6-5-7-13(11-12)19-17(22)14-8-3-4-9-15(14)20(23)24/h3-9,11H,2,10H2,1H3,(H,18,21)(H,19,22). The van der Waals surface area contributed by atoms with Crippen molar-refractivity contribution < 1.29 is 14.5 Å². The van der Waals surface area contributed by atoms with Crippen molar-refractivity contribution in [2.24, 2.45) is 0 Å². The van der Waals surface area contributed by atoms with E-state index in [0.717, 1.165) is 6.42 Å². The molecule has 2 aromatic carbocycles. The highest BCUT2D eigenvalue weighted by atomic mass is 16.6. The monoisotopic (exact) mass is 327 g/mol. The maximum absolute atomic E-state index is 12.3. The minimum Gasteiger partial charge on any atom is -0.352 e. The highest BCUT2D eigenvalue weighted by molar-refractivity contribution is 6.07. The Kier molecular flexibility index (Phi) is 5.62. The average molecular weight is 327 g/mol. The van der Waals surface area contributed by atoms with Crippen LogP contribution >= 0.6 is 0 Å². The first-order chi connectivity index (χ1) is 11.5. The van der Waals surface area contributed by atoms with Crippen LogP contribution in [0.5, 0.6) is 0 Å². The third-order valence-electron chi connectivity index (χ3n) is 3.26. The first-order valence-electron chi connectivity index (χ1n) is 7.46. The Bertz CT molecular complexity index is 774. The lowest BCUT2D eigenvalue weighted by atomic mass is 10.1.